The first kappa shape index (κ1) is 10.7. The van der Waals surface area contributed by atoms with Crippen LogP contribution in [0.2, 0.25) is 0 Å². The molecule has 1 aromatic heterocycles. The van der Waals surface area contributed by atoms with Gasteiger partial charge in [0.15, 0.2) is 0 Å². The zero-order chi connectivity index (χ0) is 11.7. The molecule has 0 radical (unpaired) electrons. The van der Waals surface area contributed by atoms with E-state index in [1.807, 2.05) is 12.3 Å². The maximum absolute atomic E-state index is 5.89. The Morgan fingerprint density at radius 2 is 2.12 bits per heavy atom. The van der Waals surface area contributed by atoms with Crippen molar-refractivity contribution in [3.05, 3.63) is 42.1 Å². The third-order valence-corrected chi connectivity index (χ3v) is 4.04. The first-order chi connectivity index (χ1) is 8.40. The molecule has 3 rings (SSSR count). The third-order valence-electron chi connectivity index (χ3n) is 4.04. The Morgan fingerprint density at radius 1 is 1.18 bits per heavy atom. The molecule has 1 aliphatic rings. The summed E-state index contributed by atoms with van der Waals surface area (Å²) in [5.74, 6) is 1.29. The lowest BCUT2D eigenvalue weighted by Gasteiger charge is -2.19. The van der Waals surface area contributed by atoms with Gasteiger partial charge in [0.1, 0.15) is 0 Å². The Bertz CT molecular complexity index is 516. The minimum absolute atomic E-state index is 0.632. The maximum Gasteiger partial charge on any atom is 0.0704 e. The number of hydrogen-bond donors (Lipinski definition) is 1. The molecular formula is C15H18N2. The molecule has 17 heavy (non-hydrogen) atoms. The van der Waals surface area contributed by atoms with Gasteiger partial charge in [-0.05, 0) is 48.9 Å². The van der Waals surface area contributed by atoms with Crippen molar-refractivity contribution in [1.29, 1.82) is 0 Å². The molecule has 0 amide bonds. The Hall–Kier alpha value is -1.41. The van der Waals surface area contributed by atoms with Crippen LogP contribution in [0.4, 0.5) is 0 Å². The van der Waals surface area contributed by atoms with Gasteiger partial charge in [-0.1, -0.05) is 24.6 Å². The van der Waals surface area contributed by atoms with E-state index in [0.717, 1.165) is 12.1 Å². The fourth-order valence-corrected chi connectivity index (χ4v) is 3.18. The Labute approximate surface area is 102 Å². The lowest BCUT2D eigenvalue weighted by Crippen LogP contribution is -2.17. The molecule has 2 nitrogen and oxygen atoms in total. The van der Waals surface area contributed by atoms with E-state index in [9.17, 15) is 0 Å². The summed E-state index contributed by atoms with van der Waals surface area (Å²) in [6.45, 7) is 0.807. The average molecular weight is 226 g/mol. The number of fused-ring (bicyclic) bond motifs is 1. The molecule has 2 unspecified atom stereocenters. The normalized spacial score (nSPS) is 24.3. The van der Waals surface area contributed by atoms with Gasteiger partial charge >= 0.3 is 0 Å². The van der Waals surface area contributed by atoms with Crippen molar-refractivity contribution in [3.8, 4) is 0 Å². The van der Waals surface area contributed by atoms with E-state index in [1.165, 1.54) is 30.2 Å². The zero-order valence-electron chi connectivity index (χ0n) is 9.97. The Morgan fingerprint density at radius 3 is 3.00 bits per heavy atom. The number of rotatable bonds is 2. The largest absolute Gasteiger partial charge is 0.330 e. The molecule has 0 aliphatic heterocycles. The van der Waals surface area contributed by atoms with E-state index in [4.69, 9.17) is 5.73 Å². The van der Waals surface area contributed by atoms with Crippen LogP contribution in [0.25, 0.3) is 10.9 Å². The number of hydrogen-bond acceptors (Lipinski definition) is 2. The highest BCUT2D eigenvalue weighted by Crippen LogP contribution is 2.41. The topological polar surface area (TPSA) is 38.9 Å². The minimum Gasteiger partial charge on any atom is -0.330 e. The molecule has 2 N–H and O–H groups in total. The number of nitrogens with zero attached hydrogens (tertiary/aromatic N) is 1. The first-order valence-electron chi connectivity index (χ1n) is 6.44. The standard InChI is InChI=1S/C15H18N2/c16-10-11-4-1-5-12(11)13-6-2-8-15-14(13)7-3-9-17-15/h2-3,6-9,11-12H,1,4-5,10,16H2. The van der Waals surface area contributed by atoms with Crippen LogP contribution in [0.5, 0.6) is 0 Å². The molecule has 88 valence electrons. The van der Waals surface area contributed by atoms with Crippen molar-refractivity contribution < 1.29 is 0 Å². The van der Waals surface area contributed by atoms with Gasteiger partial charge in [0.2, 0.25) is 0 Å². The van der Waals surface area contributed by atoms with Crippen LogP contribution >= 0.6 is 0 Å². The lowest BCUT2D eigenvalue weighted by atomic mass is 9.87. The summed E-state index contributed by atoms with van der Waals surface area (Å²) in [7, 11) is 0. The maximum atomic E-state index is 5.89. The predicted octanol–water partition coefficient (Wildman–Crippen LogP) is 3.08. The van der Waals surface area contributed by atoms with E-state index in [0.29, 0.717) is 11.8 Å². The van der Waals surface area contributed by atoms with E-state index in [1.54, 1.807) is 0 Å². The van der Waals surface area contributed by atoms with E-state index >= 15 is 0 Å². The molecule has 0 saturated heterocycles. The minimum atomic E-state index is 0.632. The summed E-state index contributed by atoms with van der Waals surface area (Å²) in [6, 6.07) is 10.7. The summed E-state index contributed by atoms with van der Waals surface area (Å²) in [4.78, 5) is 4.43. The summed E-state index contributed by atoms with van der Waals surface area (Å²) >= 11 is 0. The molecule has 1 heterocycles. The van der Waals surface area contributed by atoms with E-state index in [2.05, 4.69) is 29.2 Å². The molecule has 2 aromatic rings. The van der Waals surface area contributed by atoms with Crippen molar-refractivity contribution in [2.45, 2.75) is 25.2 Å². The second-order valence-electron chi connectivity index (χ2n) is 4.95. The number of pyridine rings is 1. The van der Waals surface area contributed by atoms with Crippen LogP contribution in [0.3, 0.4) is 0 Å². The van der Waals surface area contributed by atoms with Gasteiger partial charge in [-0.3, -0.25) is 4.98 Å². The average Bonchev–Trinajstić information content (AvgIpc) is 2.86. The monoisotopic (exact) mass is 226 g/mol. The van der Waals surface area contributed by atoms with Crippen LogP contribution < -0.4 is 5.73 Å². The van der Waals surface area contributed by atoms with Crippen molar-refractivity contribution in [1.82, 2.24) is 4.98 Å². The second-order valence-corrected chi connectivity index (χ2v) is 4.95. The van der Waals surface area contributed by atoms with Crippen molar-refractivity contribution >= 4 is 10.9 Å². The number of benzene rings is 1. The van der Waals surface area contributed by atoms with Crippen LogP contribution in [-0.4, -0.2) is 11.5 Å². The highest BCUT2D eigenvalue weighted by molar-refractivity contribution is 5.82. The Balaban J connectivity index is 2.10. The van der Waals surface area contributed by atoms with Gasteiger partial charge in [-0.25, -0.2) is 0 Å². The molecule has 1 fully saturated rings. The van der Waals surface area contributed by atoms with Gasteiger partial charge in [-0.2, -0.15) is 0 Å². The zero-order valence-corrected chi connectivity index (χ0v) is 9.97. The highest BCUT2D eigenvalue weighted by atomic mass is 14.6. The van der Waals surface area contributed by atoms with Crippen LogP contribution in [0.1, 0.15) is 30.7 Å². The predicted molar refractivity (Wildman–Crippen MR) is 70.9 cm³/mol. The summed E-state index contributed by atoms with van der Waals surface area (Å²) < 4.78 is 0. The quantitative estimate of drug-likeness (QED) is 0.854. The second kappa shape index (κ2) is 4.46. The van der Waals surface area contributed by atoms with Crippen LogP contribution in [0.15, 0.2) is 36.5 Å². The molecule has 1 saturated carbocycles. The van der Waals surface area contributed by atoms with Gasteiger partial charge in [-0.15, -0.1) is 0 Å². The van der Waals surface area contributed by atoms with Crippen LogP contribution in [-0.2, 0) is 0 Å². The van der Waals surface area contributed by atoms with Gasteiger partial charge in [0.25, 0.3) is 0 Å². The summed E-state index contributed by atoms with van der Waals surface area (Å²) in [6.07, 6.45) is 5.72. The molecule has 1 aromatic carbocycles. The molecule has 2 heteroatoms. The van der Waals surface area contributed by atoms with Crippen LogP contribution in [0, 0.1) is 5.92 Å². The fourth-order valence-electron chi connectivity index (χ4n) is 3.18. The highest BCUT2D eigenvalue weighted by Gasteiger charge is 2.28. The Kier molecular flexibility index (Phi) is 2.81. The molecule has 2 atom stereocenters. The lowest BCUT2D eigenvalue weighted by molar-refractivity contribution is 0.498. The van der Waals surface area contributed by atoms with Crippen molar-refractivity contribution in [2.24, 2.45) is 11.7 Å². The summed E-state index contributed by atoms with van der Waals surface area (Å²) in [5.41, 5.74) is 8.44. The van der Waals surface area contributed by atoms with Gasteiger partial charge in [0, 0.05) is 11.6 Å². The van der Waals surface area contributed by atoms with Gasteiger partial charge in [0.05, 0.1) is 5.52 Å². The molecular weight excluding hydrogens is 208 g/mol. The number of nitrogens with two attached hydrogens (primary N) is 1. The molecule has 0 bridgehead atoms. The molecule has 0 spiro atoms. The molecule has 1 aliphatic carbocycles. The van der Waals surface area contributed by atoms with Gasteiger partial charge < -0.3 is 5.73 Å². The van der Waals surface area contributed by atoms with E-state index in [-0.39, 0.29) is 0 Å². The number of aromatic nitrogens is 1. The smallest absolute Gasteiger partial charge is 0.0704 e. The summed E-state index contributed by atoms with van der Waals surface area (Å²) in [5, 5.41) is 1.31. The fraction of sp³-hybridized carbons (Fsp3) is 0.400. The third kappa shape index (κ3) is 1.83. The van der Waals surface area contributed by atoms with E-state index < -0.39 is 0 Å². The first-order valence-corrected chi connectivity index (χ1v) is 6.44. The SMILES string of the molecule is NCC1CCCC1c1cccc2ncccc12. The van der Waals surface area contributed by atoms with Crippen molar-refractivity contribution in [3.63, 3.8) is 0 Å². The van der Waals surface area contributed by atoms with Crippen molar-refractivity contribution in [2.75, 3.05) is 6.54 Å².